The summed E-state index contributed by atoms with van der Waals surface area (Å²) in [4.78, 5) is 20.4. The minimum atomic E-state index is -0.962. The fourth-order valence-electron chi connectivity index (χ4n) is 0.881. The molecule has 0 bridgehead atoms. The number of carbonyl (C=O) groups is 2. The third-order valence-electron chi connectivity index (χ3n) is 1.26. The van der Waals surface area contributed by atoms with Gasteiger partial charge in [-0.2, -0.15) is 0 Å². The summed E-state index contributed by atoms with van der Waals surface area (Å²) in [6, 6.07) is 0. The molecule has 0 unspecified atom stereocenters. The van der Waals surface area contributed by atoms with Crippen LogP contribution in [-0.2, 0) is 9.59 Å². The number of hydrogen-bond donors (Lipinski definition) is 2. The average molecular weight is 202 g/mol. The van der Waals surface area contributed by atoms with Crippen molar-refractivity contribution in [2.45, 2.75) is 26.7 Å². The first-order valence-corrected chi connectivity index (χ1v) is 3.27. The van der Waals surface area contributed by atoms with E-state index in [1.165, 1.54) is 0 Å². The molecule has 0 saturated carbocycles. The van der Waals surface area contributed by atoms with E-state index < -0.39 is 17.4 Å². The topological polar surface area (TPSA) is 74.6 Å². The van der Waals surface area contributed by atoms with Crippen molar-refractivity contribution in [3.05, 3.63) is 0 Å². The zero-order chi connectivity index (χ0) is 9.07. The second kappa shape index (κ2) is 5.78. The van der Waals surface area contributed by atoms with Crippen molar-refractivity contribution in [1.29, 1.82) is 0 Å². The quantitative estimate of drug-likeness (QED) is 0.661. The molecule has 12 heavy (non-hydrogen) atoms. The van der Waals surface area contributed by atoms with Crippen molar-refractivity contribution in [3.8, 4) is 0 Å². The minimum absolute atomic E-state index is 0. The normalized spacial score (nSPS) is 10.2. The van der Waals surface area contributed by atoms with Gasteiger partial charge in [0.1, 0.15) is 0 Å². The van der Waals surface area contributed by atoms with Crippen LogP contribution in [0.2, 0.25) is 0 Å². The Balaban J connectivity index is -0.000000167. The van der Waals surface area contributed by atoms with Crippen LogP contribution >= 0.6 is 0 Å². The van der Waals surface area contributed by atoms with Crippen molar-refractivity contribution >= 4 is 49.7 Å². The first-order chi connectivity index (χ1) is 4.83. The third-order valence-corrected chi connectivity index (χ3v) is 1.26. The Hall–Kier alpha value is 0.200. The summed E-state index contributed by atoms with van der Waals surface area (Å²) >= 11 is 0. The molecule has 0 fully saturated rings. The molecule has 0 aromatic heterocycles. The van der Waals surface area contributed by atoms with Crippen LogP contribution in [0.1, 0.15) is 29.5 Å². The SMILES string of the molecule is CC(C)(CC(=O)O)CC(=O)O.[Ca+2].[H-].[H-]. The number of carboxylic acid groups (broad SMARTS) is 2. The Morgan fingerprint density at radius 3 is 1.58 bits per heavy atom. The van der Waals surface area contributed by atoms with E-state index in [0.29, 0.717) is 0 Å². The molecule has 2 N–H and O–H groups in total. The summed E-state index contributed by atoms with van der Waals surface area (Å²) in [6.07, 6.45) is -0.224. The molecule has 0 aliphatic rings. The van der Waals surface area contributed by atoms with E-state index in [9.17, 15) is 9.59 Å². The van der Waals surface area contributed by atoms with Crippen LogP contribution in [0.15, 0.2) is 0 Å². The molecule has 4 nitrogen and oxygen atoms in total. The van der Waals surface area contributed by atoms with Crippen LogP contribution in [0.25, 0.3) is 0 Å². The van der Waals surface area contributed by atoms with E-state index in [1.54, 1.807) is 13.8 Å². The van der Waals surface area contributed by atoms with Gasteiger partial charge in [0.15, 0.2) is 0 Å². The number of carboxylic acids is 2. The molecule has 0 atom stereocenters. The van der Waals surface area contributed by atoms with Crippen molar-refractivity contribution < 1.29 is 22.7 Å². The number of hydrogen-bond acceptors (Lipinski definition) is 2. The molecule has 68 valence electrons. The van der Waals surface area contributed by atoms with Gasteiger partial charge in [-0.3, -0.25) is 9.59 Å². The average Bonchev–Trinajstić information content (AvgIpc) is 1.53. The molecule has 0 aliphatic heterocycles. The molecular weight excluding hydrogens is 188 g/mol. The summed E-state index contributed by atoms with van der Waals surface area (Å²) in [7, 11) is 0. The van der Waals surface area contributed by atoms with E-state index >= 15 is 0 Å². The maximum absolute atomic E-state index is 10.2. The molecule has 0 aliphatic carbocycles. The molecule has 0 radical (unpaired) electrons. The van der Waals surface area contributed by atoms with Gasteiger partial charge in [-0.25, -0.2) is 0 Å². The van der Waals surface area contributed by atoms with Crippen molar-refractivity contribution in [3.63, 3.8) is 0 Å². The molecule has 0 rings (SSSR count). The van der Waals surface area contributed by atoms with Gasteiger partial charge in [-0.05, 0) is 5.41 Å². The van der Waals surface area contributed by atoms with Crippen molar-refractivity contribution in [2.24, 2.45) is 5.41 Å². The fraction of sp³-hybridized carbons (Fsp3) is 0.714. The van der Waals surface area contributed by atoms with Crippen molar-refractivity contribution in [2.75, 3.05) is 0 Å². The maximum Gasteiger partial charge on any atom is 2.00 e. The molecular formula is C7H14CaO4. The largest absolute Gasteiger partial charge is 2.00 e. The Kier molecular flexibility index (Phi) is 7.08. The van der Waals surface area contributed by atoms with Gasteiger partial charge in [-0.1, -0.05) is 13.8 Å². The van der Waals surface area contributed by atoms with Crippen LogP contribution in [0.4, 0.5) is 0 Å². The van der Waals surface area contributed by atoms with Crippen molar-refractivity contribution in [1.82, 2.24) is 0 Å². The molecule has 0 saturated heterocycles. The summed E-state index contributed by atoms with van der Waals surface area (Å²) in [5.41, 5.74) is -0.655. The zero-order valence-corrected chi connectivity index (χ0v) is 9.54. The first-order valence-electron chi connectivity index (χ1n) is 3.27. The molecule has 5 heteroatoms. The Bertz CT molecular complexity index is 167. The Labute approximate surface area is 104 Å². The second-order valence-corrected chi connectivity index (χ2v) is 3.31. The van der Waals surface area contributed by atoms with E-state index in [1.807, 2.05) is 0 Å². The van der Waals surface area contributed by atoms with E-state index in [4.69, 9.17) is 10.2 Å². The maximum atomic E-state index is 10.2. The predicted molar refractivity (Wildman–Crippen MR) is 46.3 cm³/mol. The van der Waals surface area contributed by atoms with Gasteiger partial charge in [0.25, 0.3) is 0 Å². The summed E-state index contributed by atoms with van der Waals surface area (Å²) in [5, 5.41) is 16.7. The molecule has 0 amide bonds. The fourth-order valence-corrected chi connectivity index (χ4v) is 0.881. The second-order valence-electron chi connectivity index (χ2n) is 3.31. The van der Waals surface area contributed by atoms with Gasteiger partial charge in [0.05, 0.1) is 12.8 Å². The first kappa shape index (κ1) is 14.7. The molecule has 0 heterocycles. The van der Waals surface area contributed by atoms with Gasteiger partial charge in [0, 0.05) is 0 Å². The Morgan fingerprint density at radius 1 is 1.17 bits per heavy atom. The predicted octanol–water partition coefficient (Wildman–Crippen LogP) is 0.806. The third kappa shape index (κ3) is 8.30. The molecule has 0 aromatic rings. The van der Waals surface area contributed by atoms with Crippen LogP contribution in [-0.4, -0.2) is 59.9 Å². The number of aliphatic carboxylic acids is 2. The van der Waals surface area contributed by atoms with E-state index in [0.717, 1.165) is 0 Å². The standard InChI is InChI=1S/C7H12O4.Ca.2H/c1-7(2,3-5(8)9)4-6(10)11;;;/h3-4H2,1-2H3,(H,8,9)(H,10,11);;;/q;+2;2*-1. The van der Waals surface area contributed by atoms with Gasteiger partial charge in [0.2, 0.25) is 0 Å². The van der Waals surface area contributed by atoms with Crippen LogP contribution in [0.3, 0.4) is 0 Å². The smallest absolute Gasteiger partial charge is 1.00 e. The molecule has 0 aromatic carbocycles. The van der Waals surface area contributed by atoms with E-state index in [2.05, 4.69) is 0 Å². The van der Waals surface area contributed by atoms with E-state index in [-0.39, 0.29) is 53.4 Å². The zero-order valence-electron chi connectivity index (χ0n) is 9.33. The van der Waals surface area contributed by atoms with Gasteiger partial charge < -0.3 is 13.1 Å². The van der Waals surface area contributed by atoms with Crippen LogP contribution in [0, 0.1) is 5.41 Å². The monoisotopic (exact) mass is 202 g/mol. The summed E-state index contributed by atoms with van der Waals surface area (Å²) in [6.45, 7) is 3.24. The Morgan fingerprint density at radius 2 is 1.42 bits per heavy atom. The minimum Gasteiger partial charge on any atom is -1.00 e. The summed E-state index contributed by atoms with van der Waals surface area (Å²) in [5.74, 6) is -1.92. The van der Waals surface area contributed by atoms with Gasteiger partial charge >= 0.3 is 49.7 Å². The number of rotatable bonds is 4. The summed E-state index contributed by atoms with van der Waals surface area (Å²) < 4.78 is 0. The van der Waals surface area contributed by atoms with Gasteiger partial charge in [-0.15, -0.1) is 0 Å². The molecule has 0 spiro atoms. The van der Waals surface area contributed by atoms with Crippen LogP contribution in [0.5, 0.6) is 0 Å². The van der Waals surface area contributed by atoms with Crippen LogP contribution < -0.4 is 0 Å².